The molecule has 1 amide bonds. The molecule has 14 heavy (non-hydrogen) atoms. The standard InChI is InChI=1S/C11H12FNO/c1-7-2-3-9(12)5-10(7)8-4-11(14)13-6-8/h2-3,5,8H,4,6H2,1H3,(H,13,14). The lowest BCUT2D eigenvalue weighted by molar-refractivity contribution is -0.119. The van der Waals surface area contributed by atoms with Crippen LogP contribution in [0.15, 0.2) is 18.2 Å². The molecule has 74 valence electrons. The van der Waals surface area contributed by atoms with Gasteiger partial charge in [-0.15, -0.1) is 0 Å². The highest BCUT2D eigenvalue weighted by molar-refractivity contribution is 5.79. The second-order valence-corrected chi connectivity index (χ2v) is 3.71. The van der Waals surface area contributed by atoms with E-state index in [0.717, 1.165) is 11.1 Å². The van der Waals surface area contributed by atoms with Gasteiger partial charge >= 0.3 is 0 Å². The Morgan fingerprint density at radius 1 is 1.50 bits per heavy atom. The molecule has 1 aromatic carbocycles. The van der Waals surface area contributed by atoms with E-state index in [-0.39, 0.29) is 17.6 Å². The normalized spacial score (nSPS) is 21.0. The molecule has 0 bridgehead atoms. The number of carbonyl (C=O) groups is 1. The fraction of sp³-hybridized carbons (Fsp3) is 0.364. The number of halogens is 1. The highest BCUT2D eigenvalue weighted by atomic mass is 19.1. The van der Waals surface area contributed by atoms with E-state index < -0.39 is 0 Å². The van der Waals surface area contributed by atoms with E-state index in [0.29, 0.717) is 13.0 Å². The highest BCUT2D eigenvalue weighted by Crippen LogP contribution is 2.26. The van der Waals surface area contributed by atoms with Crippen molar-refractivity contribution < 1.29 is 9.18 Å². The van der Waals surface area contributed by atoms with Crippen LogP contribution in [0.5, 0.6) is 0 Å². The van der Waals surface area contributed by atoms with Crippen LogP contribution in [0.4, 0.5) is 4.39 Å². The summed E-state index contributed by atoms with van der Waals surface area (Å²) in [5, 5.41) is 2.75. The van der Waals surface area contributed by atoms with Gasteiger partial charge < -0.3 is 5.32 Å². The number of benzene rings is 1. The van der Waals surface area contributed by atoms with Gasteiger partial charge in [-0.25, -0.2) is 4.39 Å². The highest BCUT2D eigenvalue weighted by Gasteiger charge is 2.24. The summed E-state index contributed by atoms with van der Waals surface area (Å²) in [6, 6.07) is 4.73. The molecular weight excluding hydrogens is 181 g/mol. The minimum atomic E-state index is -0.232. The van der Waals surface area contributed by atoms with Gasteiger partial charge in [-0.05, 0) is 30.2 Å². The molecule has 0 aliphatic carbocycles. The first kappa shape index (κ1) is 9.19. The zero-order valence-electron chi connectivity index (χ0n) is 8.01. The molecule has 1 atom stereocenters. The molecule has 1 saturated heterocycles. The Balaban J connectivity index is 2.31. The molecule has 3 heteroatoms. The molecule has 2 nitrogen and oxygen atoms in total. The molecule has 0 saturated carbocycles. The van der Waals surface area contributed by atoms with Gasteiger partial charge in [0.25, 0.3) is 0 Å². The van der Waals surface area contributed by atoms with Crippen LogP contribution in [-0.4, -0.2) is 12.5 Å². The third-order valence-electron chi connectivity index (χ3n) is 2.66. The molecular formula is C11H12FNO. The summed E-state index contributed by atoms with van der Waals surface area (Å²) in [5.41, 5.74) is 2.00. The van der Waals surface area contributed by atoms with Crippen molar-refractivity contribution in [3.8, 4) is 0 Å². The second-order valence-electron chi connectivity index (χ2n) is 3.71. The molecule has 1 unspecified atom stereocenters. The van der Waals surface area contributed by atoms with Crippen molar-refractivity contribution >= 4 is 5.91 Å². The average molecular weight is 193 g/mol. The van der Waals surface area contributed by atoms with Crippen LogP contribution in [0.25, 0.3) is 0 Å². The lowest BCUT2D eigenvalue weighted by Crippen LogP contribution is -2.13. The lowest BCUT2D eigenvalue weighted by atomic mass is 9.94. The van der Waals surface area contributed by atoms with Gasteiger partial charge in [0.15, 0.2) is 0 Å². The van der Waals surface area contributed by atoms with E-state index in [9.17, 15) is 9.18 Å². The summed E-state index contributed by atoms with van der Waals surface area (Å²) in [4.78, 5) is 11.0. The van der Waals surface area contributed by atoms with Crippen LogP contribution in [0, 0.1) is 12.7 Å². The molecule has 1 aromatic rings. The maximum atomic E-state index is 13.0. The zero-order valence-corrected chi connectivity index (χ0v) is 8.01. The minimum absolute atomic E-state index is 0.0543. The number of nitrogens with one attached hydrogen (secondary N) is 1. The summed E-state index contributed by atoms with van der Waals surface area (Å²) >= 11 is 0. The van der Waals surface area contributed by atoms with Crippen molar-refractivity contribution in [2.45, 2.75) is 19.3 Å². The molecule has 1 aliphatic rings. The Morgan fingerprint density at radius 2 is 2.29 bits per heavy atom. The van der Waals surface area contributed by atoms with E-state index in [1.807, 2.05) is 6.92 Å². The topological polar surface area (TPSA) is 29.1 Å². The van der Waals surface area contributed by atoms with Gasteiger partial charge in [-0.1, -0.05) is 6.07 Å². The largest absolute Gasteiger partial charge is 0.355 e. The summed E-state index contributed by atoms with van der Waals surface area (Å²) in [5.74, 6) is -0.0400. The smallest absolute Gasteiger partial charge is 0.220 e. The quantitative estimate of drug-likeness (QED) is 0.723. The fourth-order valence-electron chi connectivity index (χ4n) is 1.88. The van der Waals surface area contributed by atoms with Gasteiger partial charge in [0.2, 0.25) is 5.91 Å². The van der Waals surface area contributed by atoms with Crippen molar-refractivity contribution in [1.82, 2.24) is 5.32 Å². The number of hydrogen-bond acceptors (Lipinski definition) is 1. The molecule has 1 N–H and O–H groups in total. The first-order chi connectivity index (χ1) is 6.66. The SMILES string of the molecule is Cc1ccc(F)cc1C1CNC(=O)C1. The van der Waals surface area contributed by atoms with E-state index >= 15 is 0 Å². The number of amides is 1. The fourth-order valence-corrected chi connectivity index (χ4v) is 1.88. The van der Waals surface area contributed by atoms with Crippen LogP contribution in [-0.2, 0) is 4.79 Å². The zero-order chi connectivity index (χ0) is 10.1. The van der Waals surface area contributed by atoms with Crippen LogP contribution in [0.2, 0.25) is 0 Å². The molecule has 0 spiro atoms. The Hall–Kier alpha value is -1.38. The maximum absolute atomic E-state index is 13.0. The van der Waals surface area contributed by atoms with Gasteiger partial charge in [-0.3, -0.25) is 4.79 Å². The molecule has 1 aliphatic heterocycles. The molecule has 1 fully saturated rings. The van der Waals surface area contributed by atoms with Gasteiger partial charge in [0, 0.05) is 18.9 Å². The van der Waals surface area contributed by atoms with Crippen molar-refractivity contribution in [2.75, 3.05) is 6.54 Å². The molecule has 0 aromatic heterocycles. The number of aryl methyl sites for hydroxylation is 1. The van der Waals surface area contributed by atoms with Crippen LogP contribution < -0.4 is 5.32 Å². The van der Waals surface area contributed by atoms with E-state index in [1.54, 1.807) is 6.07 Å². The number of carbonyl (C=O) groups excluding carboxylic acids is 1. The van der Waals surface area contributed by atoms with Gasteiger partial charge in [0.1, 0.15) is 5.82 Å². The number of hydrogen-bond donors (Lipinski definition) is 1. The summed E-state index contributed by atoms with van der Waals surface area (Å²) < 4.78 is 13.0. The summed E-state index contributed by atoms with van der Waals surface area (Å²) in [6.07, 6.45) is 0.476. The summed E-state index contributed by atoms with van der Waals surface area (Å²) in [6.45, 7) is 2.57. The van der Waals surface area contributed by atoms with Crippen molar-refractivity contribution in [3.05, 3.63) is 35.1 Å². The minimum Gasteiger partial charge on any atom is -0.355 e. The van der Waals surface area contributed by atoms with E-state index in [2.05, 4.69) is 5.32 Å². The second kappa shape index (κ2) is 3.40. The Morgan fingerprint density at radius 3 is 2.93 bits per heavy atom. The lowest BCUT2D eigenvalue weighted by Gasteiger charge is -2.10. The van der Waals surface area contributed by atoms with Gasteiger partial charge in [0.05, 0.1) is 0 Å². The van der Waals surface area contributed by atoms with Gasteiger partial charge in [-0.2, -0.15) is 0 Å². The predicted molar refractivity (Wildman–Crippen MR) is 51.5 cm³/mol. The van der Waals surface area contributed by atoms with E-state index in [1.165, 1.54) is 12.1 Å². The summed E-state index contributed by atoms with van der Waals surface area (Å²) in [7, 11) is 0. The van der Waals surface area contributed by atoms with Crippen LogP contribution >= 0.6 is 0 Å². The Bertz CT molecular complexity index is 376. The van der Waals surface area contributed by atoms with Crippen LogP contribution in [0.1, 0.15) is 23.5 Å². The third kappa shape index (κ3) is 1.62. The monoisotopic (exact) mass is 193 g/mol. The van der Waals surface area contributed by atoms with Crippen LogP contribution in [0.3, 0.4) is 0 Å². The molecule has 0 radical (unpaired) electrons. The predicted octanol–water partition coefficient (Wildman–Crippen LogP) is 1.74. The first-order valence-electron chi connectivity index (χ1n) is 4.69. The maximum Gasteiger partial charge on any atom is 0.220 e. The Labute approximate surface area is 82.1 Å². The third-order valence-corrected chi connectivity index (χ3v) is 2.66. The molecule has 2 rings (SSSR count). The molecule has 1 heterocycles. The van der Waals surface area contributed by atoms with E-state index in [4.69, 9.17) is 0 Å². The first-order valence-corrected chi connectivity index (χ1v) is 4.69. The van der Waals surface area contributed by atoms with Crippen molar-refractivity contribution in [3.63, 3.8) is 0 Å². The Kier molecular flexibility index (Phi) is 2.23. The van der Waals surface area contributed by atoms with Crippen molar-refractivity contribution in [2.24, 2.45) is 0 Å². The van der Waals surface area contributed by atoms with Crippen molar-refractivity contribution in [1.29, 1.82) is 0 Å². The average Bonchev–Trinajstić information content (AvgIpc) is 2.56. The number of rotatable bonds is 1.